The van der Waals surface area contributed by atoms with E-state index >= 15 is 0 Å². The number of ether oxygens (including phenoxy) is 1. The van der Waals surface area contributed by atoms with Crippen LogP contribution in [-0.2, 0) is 27.3 Å². The molecule has 0 bridgehead atoms. The number of nitriles is 2. The van der Waals surface area contributed by atoms with Crippen molar-refractivity contribution in [3.05, 3.63) is 129 Å². The second-order valence-electron chi connectivity index (χ2n) is 19.7. The maximum Gasteiger partial charge on any atom is 0.246 e. The van der Waals surface area contributed by atoms with Gasteiger partial charge in [0, 0.05) is 71.4 Å². The summed E-state index contributed by atoms with van der Waals surface area (Å²) in [6, 6.07) is 25.7. The topological polar surface area (TPSA) is 165 Å². The highest BCUT2D eigenvalue weighted by Gasteiger charge is 2.63. The largest absolute Gasteiger partial charge is 0.489 e. The maximum absolute atomic E-state index is 14.1. The number of nitrogens with one attached hydrogen (secondary N) is 2. The number of aromatic nitrogens is 1. The first-order valence-corrected chi connectivity index (χ1v) is 22.4. The summed E-state index contributed by atoms with van der Waals surface area (Å²) in [4.78, 5) is 60.4. The predicted molar refractivity (Wildman–Crippen MR) is 249 cm³/mol. The molecule has 1 aliphatic carbocycles. The summed E-state index contributed by atoms with van der Waals surface area (Å²) in [6.45, 7) is 16.9. The van der Waals surface area contributed by atoms with Gasteiger partial charge in [0.2, 0.25) is 17.7 Å². The molecule has 3 amide bonds. The molecule has 65 heavy (non-hydrogen) atoms. The van der Waals surface area contributed by atoms with Crippen molar-refractivity contribution in [1.82, 2.24) is 20.5 Å². The molecule has 12 heteroatoms. The predicted octanol–water partition coefficient (Wildman–Crippen LogP) is 8.60. The Morgan fingerprint density at radius 2 is 1.54 bits per heavy atom. The average molecular weight is 894 g/mol. The molecule has 6 rings (SSSR count). The average Bonchev–Trinajstić information content (AvgIpc) is 3.68. The number of amides is 3. The second-order valence-corrected chi connectivity index (χ2v) is 20.1. The zero-order chi connectivity index (χ0) is 47.3. The first-order chi connectivity index (χ1) is 30.7. The van der Waals surface area contributed by atoms with Gasteiger partial charge in [0.15, 0.2) is 5.78 Å². The van der Waals surface area contributed by atoms with Crippen LogP contribution in [0.2, 0.25) is 5.02 Å². The third kappa shape index (κ3) is 11.3. The zero-order valence-electron chi connectivity index (χ0n) is 38.4. The standard InChI is InChI=1S/C53H57ClN6O5/c1-33-25-43(48(63)58-31-36-13-10-35(28-55)11-14-36)60(32-33)49(64)47(51(2,3)4)59-46(62)24-22-40-21-17-37(30-57-40)12-9-34-15-18-38(19-16-34)44(61)27-45-52(5,6)50(53(45,7)8)65-41-23-20-39(29-56)42(54)26-41/h10-11,13-21,23,26,30,33,43,45,47,50H,22,24-25,27,31-32H2,1-8H3,(H,58,63)(H,59,62)/t33-,43+,45?,47-,50?/m1/s1. The Morgan fingerprint density at radius 1 is 0.892 bits per heavy atom. The molecule has 2 heterocycles. The Morgan fingerprint density at radius 3 is 2.14 bits per heavy atom. The summed E-state index contributed by atoms with van der Waals surface area (Å²) in [5.41, 5.74) is 3.36. The van der Waals surface area contributed by atoms with Crippen LogP contribution in [0, 0.1) is 62.6 Å². The number of nitrogens with zero attached hydrogens (tertiary/aromatic N) is 4. The molecule has 3 aromatic carbocycles. The van der Waals surface area contributed by atoms with E-state index in [1.54, 1.807) is 53.6 Å². The number of hydrogen-bond acceptors (Lipinski definition) is 8. The number of pyridine rings is 1. The third-order valence-electron chi connectivity index (χ3n) is 12.9. The fourth-order valence-electron chi connectivity index (χ4n) is 9.48. The molecule has 2 aliphatic rings. The van der Waals surface area contributed by atoms with Crippen LogP contribution < -0.4 is 15.4 Å². The van der Waals surface area contributed by atoms with Gasteiger partial charge in [-0.3, -0.25) is 24.2 Å². The first kappa shape index (κ1) is 48.0. The van der Waals surface area contributed by atoms with Gasteiger partial charge in [-0.15, -0.1) is 0 Å². The number of benzene rings is 3. The van der Waals surface area contributed by atoms with Gasteiger partial charge in [-0.1, -0.05) is 103 Å². The van der Waals surface area contributed by atoms with Crippen molar-refractivity contribution in [2.75, 3.05) is 6.54 Å². The van der Waals surface area contributed by atoms with Crippen LogP contribution in [-0.4, -0.2) is 58.1 Å². The van der Waals surface area contributed by atoms with E-state index in [0.717, 1.165) is 11.1 Å². The van der Waals surface area contributed by atoms with E-state index in [4.69, 9.17) is 21.6 Å². The van der Waals surface area contributed by atoms with Crippen LogP contribution >= 0.6 is 11.6 Å². The summed E-state index contributed by atoms with van der Waals surface area (Å²) in [5, 5.41) is 24.6. The van der Waals surface area contributed by atoms with Gasteiger partial charge >= 0.3 is 0 Å². The lowest BCUT2D eigenvalue weighted by molar-refractivity contribution is -0.196. The smallest absolute Gasteiger partial charge is 0.246 e. The zero-order valence-corrected chi connectivity index (χ0v) is 39.2. The maximum atomic E-state index is 14.1. The quantitative estimate of drug-likeness (QED) is 0.0995. The van der Waals surface area contributed by atoms with Crippen molar-refractivity contribution in [2.24, 2.45) is 28.1 Å². The van der Waals surface area contributed by atoms with E-state index in [2.05, 4.69) is 67.3 Å². The van der Waals surface area contributed by atoms with Gasteiger partial charge in [-0.05, 0) is 84.2 Å². The minimum atomic E-state index is -0.843. The minimum Gasteiger partial charge on any atom is -0.489 e. The molecule has 1 saturated carbocycles. The van der Waals surface area contributed by atoms with E-state index in [9.17, 15) is 24.4 Å². The molecule has 11 nitrogen and oxygen atoms in total. The minimum absolute atomic E-state index is 0.0527. The summed E-state index contributed by atoms with van der Waals surface area (Å²) in [5.74, 6) is 6.28. The molecular formula is C53H57ClN6O5. The van der Waals surface area contributed by atoms with E-state index in [0.29, 0.717) is 64.5 Å². The van der Waals surface area contributed by atoms with Crippen molar-refractivity contribution >= 4 is 35.1 Å². The molecule has 4 aromatic rings. The molecule has 0 spiro atoms. The lowest BCUT2D eigenvalue weighted by atomic mass is 9.44. The van der Waals surface area contributed by atoms with Gasteiger partial charge in [0.25, 0.3) is 0 Å². The van der Waals surface area contributed by atoms with E-state index < -0.39 is 17.5 Å². The van der Waals surface area contributed by atoms with Crippen molar-refractivity contribution < 1.29 is 23.9 Å². The Labute approximate surface area is 387 Å². The summed E-state index contributed by atoms with van der Waals surface area (Å²) in [6.07, 6.45) is 2.87. The Kier molecular flexibility index (Phi) is 14.6. The van der Waals surface area contributed by atoms with Gasteiger partial charge in [0.1, 0.15) is 30.0 Å². The number of ketones is 1. The molecule has 0 unspecified atom stereocenters. The SMILES string of the molecule is C[C@@H]1C[C@@H](C(=O)NCc2ccc(C#N)cc2)N(C(=O)[C@@H](NC(=O)CCc2ccc(C#Cc3ccc(C(=O)CC4C(C)(C)C(Oc5ccc(C#N)c(Cl)c5)C4(C)C)cc3)cn2)C(C)(C)C)C1. The van der Waals surface area contributed by atoms with Gasteiger partial charge < -0.3 is 20.3 Å². The summed E-state index contributed by atoms with van der Waals surface area (Å²) < 4.78 is 6.39. The first-order valence-electron chi connectivity index (χ1n) is 22.0. The van der Waals surface area contributed by atoms with Gasteiger partial charge in [0.05, 0.1) is 22.2 Å². The highest BCUT2D eigenvalue weighted by Crippen LogP contribution is 2.61. The molecule has 2 N–H and O–H groups in total. The van der Waals surface area contributed by atoms with Crippen molar-refractivity contribution in [2.45, 2.75) is 106 Å². The van der Waals surface area contributed by atoms with Crippen LogP contribution in [0.25, 0.3) is 0 Å². The van der Waals surface area contributed by atoms with Crippen molar-refractivity contribution in [3.8, 4) is 29.7 Å². The number of halogens is 1. The number of aryl methyl sites for hydroxylation is 1. The highest BCUT2D eigenvalue weighted by atomic mass is 35.5. The number of likely N-dealkylation sites (tertiary alicyclic amines) is 1. The second kappa shape index (κ2) is 19.7. The van der Waals surface area contributed by atoms with Crippen LogP contribution in [0.4, 0.5) is 0 Å². The number of rotatable bonds is 13. The van der Waals surface area contributed by atoms with Crippen molar-refractivity contribution in [1.29, 1.82) is 10.5 Å². The fraction of sp³-hybridized carbons (Fsp3) is 0.415. The normalized spacial score (nSPS) is 19.8. The van der Waals surface area contributed by atoms with E-state index in [1.165, 1.54) is 0 Å². The third-order valence-corrected chi connectivity index (χ3v) is 13.2. The van der Waals surface area contributed by atoms with Gasteiger partial charge in [-0.25, -0.2) is 0 Å². The Bertz CT molecular complexity index is 2560. The number of carbonyl (C=O) groups is 4. The lowest BCUT2D eigenvalue weighted by Gasteiger charge is -2.63. The highest BCUT2D eigenvalue weighted by molar-refractivity contribution is 6.31. The molecule has 1 aliphatic heterocycles. The van der Waals surface area contributed by atoms with Crippen LogP contribution in [0.5, 0.6) is 5.75 Å². The number of Topliss-reactive ketones (excluding diaryl/α,β-unsaturated/α-hetero) is 1. The van der Waals surface area contributed by atoms with Gasteiger partial charge in [-0.2, -0.15) is 10.5 Å². The molecule has 1 saturated heterocycles. The van der Waals surface area contributed by atoms with Crippen LogP contribution in [0.3, 0.4) is 0 Å². The van der Waals surface area contributed by atoms with E-state index in [-0.39, 0.29) is 65.2 Å². The summed E-state index contributed by atoms with van der Waals surface area (Å²) >= 11 is 6.25. The summed E-state index contributed by atoms with van der Waals surface area (Å²) in [7, 11) is 0. The fourth-order valence-corrected chi connectivity index (χ4v) is 9.69. The molecule has 1 aromatic heterocycles. The van der Waals surface area contributed by atoms with Crippen molar-refractivity contribution in [3.63, 3.8) is 0 Å². The molecule has 336 valence electrons. The van der Waals surface area contributed by atoms with E-state index in [1.807, 2.05) is 64.1 Å². The molecule has 0 radical (unpaired) electrons. The lowest BCUT2D eigenvalue weighted by Crippen LogP contribution is -2.66. The molecular weight excluding hydrogens is 836 g/mol. The number of carbonyl (C=O) groups excluding carboxylic acids is 4. The van der Waals surface area contributed by atoms with Crippen LogP contribution in [0.1, 0.15) is 119 Å². The molecule has 3 atom stereocenters. The Hall–Kier alpha value is -6.48. The van der Waals surface area contributed by atoms with Crippen LogP contribution in [0.15, 0.2) is 85.1 Å². The monoisotopic (exact) mass is 892 g/mol. The number of hydrogen-bond donors (Lipinski definition) is 2. The molecule has 2 fully saturated rings. The Balaban J connectivity index is 0.989.